The molecule has 2 atom stereocenters. The van der Waals surface area contributed by atoms with Crippen LogP contribution in [0, 0.1) is 6.92 Å². The third-order valence-electron chi connectivity index (χ3n) is 5.15. The Morgan fingerprint density at radius 1 is 1.19 bits per heavy atom. The molecule has 0 fully saturated rings. The fourth-order valence-corrected chi connectivity index (χ4v) is 4.71. The summed E-state index contributed by atoms with van der Waals surface area (Å²) in [6.45, 7) is 1.50. The van der Waals surface area contributed by atoms with Gasteiger partial charge in [0.1, 0.15) is 11.4 Å². The lowest BCUT2D eigenvalue weighted by atomic mass is 10.1. The van der Waals surface area contributed by atoms with Gasteiger partial charge in [0.25, 0.3) is 5.91 Å². The van der Waals surface area contributed by atoms with E-state index in [0.717, 1.165) is 11.1 Å². The van der Waals surface area contributed by atoms with Crippen molar-refractivity contribution in [1.82, 2.24) is 9.88 Å². The molecule has 0 bridgehead atoms. The first-order valence-electron chi connectivity index (χ1n) is 9.58. The number of carbonyl (C=O) groups is 2. The van der Waals surface area contributed by atoms with Crippen LogP contribution < -0.4 is 5.32 Å². The van der Waals surface area contributed by atoms with Crippen molar-refractivity contribution in [3.63, 3.8) is 0 Å². The van der Waals surface area contributed by atoms with Crippen LogP contribution in [0.25, 0.3) is 10.9 Å². The number of aliphatic hydroxyl groups excluding tert-OH is 1. The second-order valence-corrected chi connectivity index (χ2v) is 9.39. The van der Waals surface area contributed by atoms with E-state index in [-0.39, 0.29) is 12.4 Å². The monoisotopic (exact) mass is 496 g/mol. The summed E-state index contributed by atoms with van der Waals surface area (Å²) in [4.78, 5) is 24.7. The zero-order valence-corrected chi connectivity index (χ0v) is 20.0. The van der Waals surface area contributed by atoms with Crippen LogP contribution in [0.1, 0.15) is 27.7 Å². The van der Waals surface area contributed by atoms with E-state index in [2.05, 4.69) is 10.1 Å². The van der Waals surface area contributed by atoms with Crippen molar-refractivity contribution in [2.24, 2.45) is 7.05 Å². The zero-order chi connectivity index (χ0) is 23.6. The number of nitrogens with zero attached hydrogens (tertiary/aromatic N) is 1. The standard InChI is InChI=1S/C22H22Cl2N2O5S/c1-12-8-17-15(21(24)20(12)23)9-18(26(17)2)22(29)25-16(10-27)13-4-6-14(7-5-13)32(30)11-19(28)31-3/h4-9,16,27H,10-11H2,1-3H3,(H,25,29)/t16-,32+/m1/s1. The van der Waals surface area contributed by atoms with Crippen molar-refractivity contribution in [2.75, 3.05) is 19.5 Å². The van der Waals surface area contributed by atoms with E-state index < -0.39 is 28.7 Å². The van der Waals surface area contributed by atoms with Gasteiger partial charge in [-0.05, 0) is 42.3 Å². The summed E-state index contributed by atoms with van der Waals surface area (Å²) in [6, 6.07) is 9.29. The van der Waals surface area contributed by atoms with Crippen molar-refractivity contribution in [2.45, 2.75) is 17.9 Å². The highest BCUT2D eigenvalue weighted by atomic mass is 35.5. The number of aryl methyl sites for hydroxylation is 2. The van der Waals surface area contributed by atoms with Gasteiger partial charge in [0.05, 0.1) is 46.1 Å². The summed E-state index contributed by atoms with van der Waals surface area (Å²) in [5, 5.41) is 14.1. The molecule has 2 N–H and O–H groups in total. The van der Waals surface area contributed by atoms with Crippen LogP contribution in [-0.4, -0.2) is 45.2 Å². The lowest BCUT2D eigenvalue weighted by Crippen LogP contribution is -2.32. The Morgan fingerprint density at radius 3 is 2.44 bits per heavy atom. The number of halogens is 2. The van der Waals surface area contributed by atoms with Gasteiger partial charge in [0.2, 0.25) is 0 Å². The van der Waals surface area contributed by atoms with E-state index in [0.29, 0.717) is 31.6 Å². The molecule has 1 aromatic heterocycles. The quantitative estimate of drug-likeness (QED) is 0.487. The smallest absolute Gasteiger partial charge is 0.318 e. The van der Waals surface area contributed by atoms with Crippen LogP contribution in [-0.2, 0) is 27.4 Å². The minimum atomic E-state index is -1.55. The van der Waals surface area contributed by atoms with Crippen LogP contribution in [0.5, 0.6) is 0 Å². The minimum Gasteiger partial charge on any atom is -0.468 e. The number of aromatic nitrogens is 1. The number of hydrogen-bond donors (Lipinski definition) is 2. The first-order valence-corrected chi connectivity index (χ1v) is 11.7. The number of ether oxygens (including phenoxy) is 1. The highest BCUT2D eigenvalue weighted by Gasteiger charge is 2.21. The average molecular weight is 497 g/mol. The SMILES string of the molecule is COC(=O)C[S@](=O)c1ccc([C@@H](CO)NC(=O)c2cc3c(Cl)c(Cl)c(C)cc3n2C)cc1. The molecule has 3 aromatic rings. The van der Waals surface area contributed by atoms with Crippen LogP contribution in [0.3, 0.4) is 0 Å². The van der Waals surface area contributed by atoms with E-state index >= 15 is 0 Å². The topological polar surface area (TPSA) is 97.6 Å². The molecule has 0 aliphatic heterocycles. The summed E-state index contributed by atoms with van der Waals surface area (Å²) in [7, 11) is 1.44. The molecule has 0 radical (unpaired) electrons. The Labute approximate surface area is 197 Å². The van der Waals surface area contributed by atoms with Crippen molar-refractivity contribution >= 4 is 56.8 Å². The minimum absolute atomic E-state index is 0.247. The van der Waals surface area contributed by atoms with E-state index in [1.165, 1.54) is 7.11 Å². The molecule has 0 aliphatic rings. The molecule has 0 saturated carbocycles. The average Bonchev–Trinajstić information content (AvgIpc) is 3.12. The van der Waals surface area contributed by atoms with Crippen LogP contribution in [0.4, 0.5) is 0 Å². The number of fused-ring (bicyclic) bond motifs is 1. The molecule has 0 unspecified atom stereocenters. The van der Waals surface area contributed by atoms with Crippen molar-refractivity contribution in [3.8, 4) is 0 Å². The van der Waals surface area contributed by atoms with Gasteiger partial charge in [0, 0.05) is 17.3 Å². The molecule has 0 saturated heterocycles. The Bertz CT molecular complexity index is 1210. The van der Waals surface area contributed by atoms with Crippen LogP contribution in [0.15, 0.2) is 41.3 Å². The Kier molecular flexibility index (Phi) is 7.61. The molecule has 7 nitrogen and oxygen atoms in total. The molecule has 3 rings (SSSR count). The number of esters is 1. The first kappa shape index (κ1) is 24.3. The van der Waals surface area contributed by atoms with E-state index in [1.807, 2.05) is 13.0 Å². The molecular formula is C22H22Cl2N2O5S. The summed E-state index contributed by atoms with van der Waals surface area (Å²) in [5.41, 5.74) is 2.54. The van der Waals surface area contributed by atoms with Crippen molar-refractivity contribution in [1.29, 1.82) is 0 Å². The highest BCUT2D eigenvalue weighted by Crippen LogP contribution is 2.35. The van der Waals surface area contributed by atoms with Gasteiger partial charge < -0.3 is 19.7 Å². The Balaban J connectivity index is 1.82. The summed E-state index contributed by atoms with van der Waals surface area (Å²) in [6.07, 6.45) is 0. The molecule has 2 aromatic carbocycles. The summed E-state index contributed by atoms with van der Waals surface area (Å²) < 4.78 is 18.4. The third-order valence-corrected chi connectivity index (χ3v) is 7.42. The number of amides is 1. The maximum absolute atomic E-state index is 13.0. The Morgan fingerprint density at radius 2 is 1.84 bits per heavy atom. The number of nitrogens with one attached hydrogen (secondary N) is 1. The molecule has 10 heteroatoms. The Hall–Kier alpha value is -2.39. The molecular weight excluding hydrogens is 475 g/mol. The highest BCUT2D eigenvalue weighted by molar-refractivity contribution is 7.85. The second-order valence-electron chi connectivity index (χ2n) is 7.19. The zero-order valence-electron chi connectivity index (χ0n) is 17.6. The van der Waals surface area contributed by atoms with E-state index in [9.17, 15) is 18.9 Å². The summed E-state index contributed by atoms with van der Waals surface area (Å²) in [5.74, 6) is -1.21. The largest absolute Gasteiger partial charge is 0.468 e. The normalized spacial score (nSPS) is 13.1. The number of benzene rings is 2. The molecule has 1 amide bonds. The lowest BCUT2D eigenvalue weighted by molar-refractivity contribution is -0.137. The maximum Gasteiger partial charge on any atom is 0.318 e. The summed E-state index contributed by atoms with van der Waals surface area (Å²) >= 11 is 12.6. The third kappa shape index (κ3) is 4.83. The predicted octanol–water partition coefficient (Wildman–Crippen LogP) is 3.54. The predicted molar refractivity (Wildman–Crippen MR) is 125 cm³/mol. The van der Waals surface area contributed by atoms with Crippen LogP contribution in [0.2, 0.25) is 10.0 Å². The van der Waals surface area contributed by atoms with Gasteiger partial charge in [-0.2, -0.15) is 0 Å². The number of rotatable bonds is 7. The van der Waals surface area contributed by atoms with Gasteiger partial charge in [-0.25, -0.2) is 0 Å². The fourth-order valence-electron chi connectivity index (χ4n) is 3.31. The molecule has 32 heavy (non-hydrogen) atoms. The van der Waals surface area contributed by atoms with Gasteiger partial charge in [0.15, 0.2) is 0 Å². The van der Waals surface area contributed by atoms with Crippen molar-refractivity contribution in [3.05, 3.63) is 63.3 Å². The van der Waals surface area contributed by atoms with E-state index in [1.54, 1.807) is 41.9 Å². The number of aliphatic hydroxyl groups is 1. The van der Waals surface area contributed by atoms with Gasteiger partial charge >= 0.3 is 5.97 Å². The molecule has 0 aliphatic carbocycles. The number of methoxy groups -OCH3 is 1. The fraction of sp³-hybridized carbons (Fsp3) is 0.273. The van der Waals surface area contributed by atoms with Gasteiger partial charge in [-0.1, -0.05) is 35.3 Å². The molecule has 0 spiro atoms. The number of carbonyl (C=O) groups excluding carboxylic acids is 2. The van der Waals surface area contributed by atoms with Crippen molar-refractivity contribution < 1.29 is 23.6 Å². The molecule has 170 valence electrons. The second kappa shape index (κ2) is 10.0. The van der Waals surface area contributed by atoms with Crippen LogP contribution >= 0.6 is 23.2 Å². The first-order chi connectivity index (χ1) is 15.2. The number of hydrogen-bond acceptors (Lipinski definition) is 5. The van der Waals surface area contributed by atoms with Gasteiger partial charge in [-0.15, -0.1) is 0 Å². The van der Waals surface area contributed by atoms with E-state index in [4.69, 9.17) is 23.2 Å². The molecule has 1 heterocycles. The lowest BCUT2D eigenvalue weighted by Gasteiger charge is -2.17. The van der Waals surface area contributed by atoms with Gasteiger partial charge in [-0.3, -0.25) is 13.8 Å². The maximum atomic E-state index is 13.0.